The van der Waals surface area contributed by atoms with Crippen LogP contribution in [0.4, 0.5) is 13.2 Å². The first-order valence-electron chi connectivity index (χ1n) is 4.28. The van der Waals surface area contributed by atoms with Crippen molar-refractivity contribution in [3.8, 4) is 0 Å². The summed E-state index contributed by atoms with van der Waals surface area (Å²) in [6, 6.07) is 0. The van der Waals surface area contributed by atoms with E-state index in [1.807, 2.05) is 20.8 Å². The zero-order valence-electron chi connectivity index (χ0n) is 8.39. The first-order chi connectivity index (χ1) is 6.18. The smallest absolute Gasteiger partial charge is 0.272 e. The average molecular weight is 206 g/mol. The van der Waals surface area contributed by atoms with Crippen LogP contribution in [-0.4, -0.2) is 9.78 Å². The largest absolute Gasteiger partial charge is 0.419 e. The summed E-state index contributed by atoms with van der Waals surface area (Å²) in [5, 5.41) is 3.66. The van der Waals surface area contributed by atoms with Gasteiger partial charge in [0.25, 0.3) is 0 Å². The lowest BCUT2D eigenvalue weighted by molar-refractivity contribution is -0.137. The second kappa shape index (κ2) is 3.29. The second-order valence-electron chi connectivity index (χ2n) is 4.49. The first kappa shape index (κ1) is 11.1. The van der Waals surface area contributed by atoms with Crippen LogP contribution in [0.1, 0.15) is 26.3 Å². The summed E-state index contributed by atoms with van der Waals surface area (Å²) in [5.74, 6) is 0. The van der Waals surface area contributed by atoms with Gasteiger partial charge < -0.3 is 0 Å². The molecule has 14 heavy (non-hydrogen) atoms. The third-order valence-electron chi connectivity index (χ3n) is 1.60. The van der Waals surface area contributed by atoms with Gasteiger partial charge in [0.05, 0.1) is 11.8 Å². The SMILES string of the molecule is CC(C)(C)Cn1cc(C(F)(F)F)cn1. The van der Waals surface area contributed by atoms with E-state index < -0.39 is 11.7 Å². The molecule has 0 aliphatic heterocycles. The Kier molecular flexibility index (Phi) is 2.61. The van der Waals surface area contributed by atoms with Gasteiger partial charge >= 0.3 is 6.18 Å². The monoisotopic (exact) mass is 206 g/mol. The lowest BCUT2D eigenvalue weighted by atomic mass is 9.97. The van der Waals surface area contributed by atoms with Crippen molar-refractivity contribution < 1.29 is 13.2 Å². The molecule has 0 aromatic carbocycles. The Balaban J connectivity index is 2.79. The normalized spacial score (nSPS) is 13.3. The third kappa shape index (κ3) is 3.05. The molecule has 0 saturated heterocycles. The molecule has 0 radical (unpaired) electrons. The fourth-order valence-corrected chi connectivity index (χ4v) is 1.08. The van der Waals surface area contributed by atoms with Gasteiger partial charge in [-0.1, -0.05) is 20.8 Å². The Morgan fingerprint density at radius 3 is 2.21 bits per heavy atom. The van der Waals surface area contributed by atoms with Gasteiger partial charge in [-0.05, 0) is 5.41 Å². The molecule has 0 saturated carbocycles. The summed E-state index contributed by atoms with van der Waals surface area (Å²) in [7, 11) is 0. The number of hydrogen-bond acceptors (Lipinski definition) is 1. The zero-order valence-corrected chi connectivity index (χ0v) is 8.39. The van der Waals surface area contributed by atoms with E-state index in [2.05, 4.69) is 5.10 Å². The molecule has 1 heterocycles. The molecule has 0 unspecified atom stereocenters. The number of halogens is 3. The van der Waals surface area contributed by atoms with E-state index in [4.69, 9.17) is 0 Å². The van der Waals surface area contributed by atoms with Gasteiger partial charge in [0.2, 0.25) is 0 Å². The Hall–Kier alpha value is -1.00. The van der Waals surface area contributed by atoms with Crippen LogP contribution in [0.3, 0.4) is 0 Å². The highest BCUT2D eigenvalue weighted by atomic mass is 19.4. The lowest BCUT2D eigenvalue weighted by Gasteiger charge is -2.17. The molecule has 5 heteroatoms. The molecule has 0 aliphatic carbocycles. The van der Waals surface area contributed by atoms with Gasteiger partial charge in [-0.25, -0.2) is 0 Å². The maximum atomic E-state index is 12.2. The molecule has 1 rings (SSSR count). The number of aromatic nitrogens is 2. The summed E-state index contributed by atoms with van der Waals surface area (Å²) in [4.78, 5) is 0. The summed E-state index contributed by atoms with van der Waals surface area (Å²) in [6.45, 7) is 6.31. The number of hydrogen-bond donors (Lipinski definition) is 0. The Labute approximate surface area is 80.7 Å². The quantitative estimate of drug-likeness (QED) is 0.690. The first-order valence-corrected chi connectivity index (χ1v) is 4.28. The molecule has 0 spiro atoms. The zero-order chi connectivity index (χ0) is 11.0. The van der Waals surface area contributed by atoms with Crippen molar-refractivity contribution in [2.75, 3.05) is 0 Å². The predicted octanol–water partition coefficient (Wildman–Crippen LogP) is 2.95. The van der Waals surface area contributed by atoms with Crippen molar-refractivity contribution >= 4 is 0 Å². The summed E-state index contributed by atoms with van der Waals surface area (Å²) in [6.07, 6.45) is -2.41. The van der Waals surface area contributed by atoms with Gasteiger partial charge in [0, 0.05) is 12.7 Å². The van der Waals surface area contributed by atoms with E-state index in [-0.39, 0.29) is 5.41 Å². The Morgan fingerprint density at radius 1 is 1.29 bits per heavy atom. The fourth-order valence-electron chi connectivity index (χ4n) is 1.08. The van der Waals surface area contributed by atoms with Crippen LogP contribution < -0.4 is 0 Å². The highest BCUT2D eigenvalue weighted by molar-refractivity contribution is 5.08. The van der Waals surface area contributed by atoms with Gasteiger partial charge in [-0.3, -0.25) is 4.68 Å². The summed E-state index contributed by atoms with van der Waals surface area (Å²) >= 11 is 0. The van der Waals surface area contributed by atoms with Crippen molar-refractivity contribution in [1.29, 1.82) is 0 Å². The van der Waals surface area contributed by atoms with E-state index in [0.29, 0.717) is 6.54 Å². The lowest BCUT2D eigenvalue weighted by Crippen LogP contribution is -2.15. The molecule has 0 fully saturated rings. The maximum Gasteiger partial charge on any atom is 0.419 e. The molecule has 1 aromatic heterocycles. The van der Waals surface area contributed by atoms with Crippen molar-refractivity contribution in [3.63, 3.8) is 0 Å². The van der Waals surface area contributed by atoms with Crippen molar-refractivity contribution in [1.82, 2.24) is 9.78 Å². The van der Waals surface area contributed by atoms with Gasteiger partial charge in [0.15, 0.2) is 0 Å². The predicted molar refractivity (Wildman–Crippen MR) is 46.7 cm³/mol. The van der Waals surface area contributed by atoms with E-state index in [0.717, 1.165) is 12.4 Å². The molecular formula is C9H13F3N2. The second-order valence-corrected chi connectivity index (χ2v) is 4.49. The number of alkyl halides is 3. The number of rotatable bonds is 1. The van der Waals surface area contributed by atoms with Gasteiger partial charge in [0.1, 0.15) is 0 Å². The Morgan fingerprint density at radius 2 is 1.86 bits per heavy atom. The van der Waals surface area contributed by atoms with E-state index >= 15 is 0 Å². The van der Waals surface area contributed by atoms with E-state index in [1.54, 1.807) is 0 Å². The molecule has 0 bridgehead atoms. The van der Waals surface area contributed by atoms with E-state index in [9.17, 15) is 13.2 Å². The molecular weight excluding hydrogens is 193 g/mol. The number of nitrogens with zero attached hydrogens (tertiary/aromatic N) is 2. The minimum absolute atomic E-state index is 0.0745. The van der Waals surface area contributed by atoms with Crippen molar-refractivity contribution in [3.05, 3.63) is 18.0 Å². The minimum atomic E-state index is -4.30. The maximum absolute atomic E-state index is 12.2. The highest BCUT2D eigenvalue weighted by Gasteiger charge is 2.32. The van der Waals surface area contributed by atoms with Crippen LogP contribution in [0.15, 0.2) is 12.4 Å². The molecule has 80 valence electrons. The molecule has 0 atom stereocenters. The van der Waals surface area contributed by atoms with Crippen LogP contribution in [0.5, 0.6) is 0 Å². The van der Waals surface area contributed by atoms with Crippen LogP contribution in [0, 0.1) is 5.41 Å². The van der Waals surface area contributed by atoms with Crippen LogP contribution >= 0.6 is 0 Å². The average Bonchev–Trinajstić information content (AvgIpc) is 2.29. The fraction of sp³-hybridized carbons (Fsp3) is 0.667. The van der Waals surface area contributed by atoms with Crippen molar-refractivity contribution in [2.45, 2.75) is 33.5 Å². The highest BCUT2D eigenvalue weighted by Crippen LogP contribution is 2.29. The van der Waals surface area contributed by atoms with Crippen LogP contribution in [-0.2, 0) is 12.7 Å². The summed E-state index contributed by atoms with van der Waals surface area (Å²) < 4.78 is 37.9. The van der Waals surface area contributed by atoms with Crippen LogP contribution in [0.25, 0.3) is 0 Å². The molecule has 1 aromatic rings. The Bertz CT molecular complexity index is 307. The van der Waals surface area contributed by atoms with Gasteiger partial charge in [-0.15, -0.1) is 0 Å². The minimum Gasteiger partial charge on any atom is -0.272 e. The molecule has 0 amide bonds. The van der Waals surface area contributed by atoms with E-state index in [1.165, 1.54) is 4.68 Å². The molecule has 2 nitrogen and oxygen atoms in total. The topological polar surface area (TPSA) is 17.8 Å². The standard InChI is InChI=1S/C9H13F3N2/c1-8(2,3)6-14-5-7(4-13-14)9(10,11)12/h4-5H,6H2,1-3H3. The molecule has 0 aliphatic rings. The molecule has 0 N–H and O–H groups in total. The van der Waals surface area contributed by atoms with Gasteiger partial charge in [-0.2, -0.15) is 18.3 Å². The van der Waals surface area contributed by atoms with Crippen molar-refractivity contribution in [2.24, 2.45) is 5.41 Å². The summed E-state index contributed by atoms with van der Waals surface area (Å²) in [5.41, 5.74) is -0.767. The van der Waals surface area contributed by atoms with Crippen LogP contribution in [0.2, 0.25) is 0 Å². The third-order valence-corrected chi connectivity index (χ3v) is 1.60.